The van der Waals surface area contributed by atoms with Crippen LogP contribution < -0.4 is 0 Å². The fraction of sp³-hybridized carbons (Fsp3) is 0.333. The van der Waals surface area contributed by atoms with Gasteiger partial charge < -0.3 is 10.0 Å². The first-order valence-corrected chi connectivity index (χ1v) is 6.17. The van der Waals surface area contributed by atoms with Gasteiger partial charge in [0, 0.05) is 19.5 Å². The zero-order valence-electron chi connectivity index (χ0n) is 9.40. The fourth-order valence-corrected chi connectivity index (χ4v) is 2.27. The standard InChI is InChI=1S/C12H11Cl2NO3/c13-9-2-1-7(3-10(9)14)5-15-6-8(12(17)18)4-11(15)16/h1-3,8H,4-6H2,(H,17,18). The first-order valence-electron chi connectivity index (χ1n) is 5.42. The molecule has 18 heavy (non-hydrogen) atoms. The summed E-state index contributed by atoms with van der Waals surface area (Å²) in [6.45, 7) is 0.605. The van der Waals surface area contributed by atoms with E-state index in [9.17, 15) is 9.59 Å². The van der Waals surface area contributed by atoms with E-state index in [2.05, 4.69) is 0 Å². The SMILES string of the molecule is O=C(O)C1CC(=O)N(Cc2ccc(Cl)c(Cl)c2)C1. The summed E-state index contributed by atoms with van der Waals surface area (Å²) in [4.78, 5) is 24.0. The van der Waals surface area contributed by atoms with Gasteiger partial charge in [0.25, 0.3) is 0 Å². The van der Waals surface area contributed by atoms with Gasteiger partial charge in [-0.2, -0.15) is 0 Å². The van der Waals surface area contributed by atoms with Gasteiger partial charge in [0.05, 0.1) is 16.0 Å². The third-order valence-electron chi connectivity index (χ3n) is 2.92. The summed E-state index contributed by atoms with van der Waals surface area (Å²) >= 11 is 11.7. The van der Waals surface area contributed by atoms with Crippen molar-refractivity contribution in [1.29, 1.82) is 0 Å². The minimum Gasteiger partial charge on any atom is -0.481 e. The Balaban J connectivity index is 2.08. The number of amides is 1. The van der Waals surface area contributed by atoms with E-state index in [-0.39, 0.29) is 18.9 Å². The second-order valence-electron chi connectivity index (χ2n) is 4.26. The summed E-state index contributed by atoms with van der Waals surface area (Å²) < 4.78 is 0. The van der Waals surface area contributed by atoms with Crippen molar-refractivity contribution in [3.63, 3.8) is 0 Å². The molecular weight excluding hydrogens is 277 g/mol. The molecule has 0 spiro atoms. The molecule has 0 saturated carbocycles. The van der Waals surface area contributed by atoms with Gasteiger partial charge in [-0.25, -0.2) is 0 Å². The molecule has 1 heterocycles. The van der Waals surface area contributed by atoms with Gasteiger partial charge in [0.15, 0.2) is 0 Å². The lowest BCUT2D eigenvalue weighted by Gasteiger charge is -2.16. The highest BCUT2D eigenvalue weighted by Gasteiger charge is 2.34. The highest BCUT2D eigenvalue weighted by Crippen LogP contribution is 2.25. The van der Waals surface area contributed by atoms with E-state index >= 15 is 0 Å². The Hall–Kier alpha value is -1.26. The first-order chi connectivity index (χ1) is 8.47. The maximum atomic E-state index is 11.6. The fourth-order valence-electron chi connectivity index (χ4n) is 1.95. The van der Waals surface area contributed by atoms with E-state index in [1.165, 1.54) is 4.90 Å². The van der Waals surface area contributed by atoms with E-state index in [4.69, 9.17) is 28.3 Å². The number of benzene rings is 1. The maximum absolute atomic E-state index is 11.6. The van der Waals surface area contributed by atoms with Crippen molar-refractivity contribution in [2.45, 2.75) is 13.0 Å². The van der Waals surface area contributed by atoms with Crippen LogP contribution in [0.25, 0.3) is 0 Å². The molecule has 1 aromatic carbocycles. The number of hydrogen-bond donors (Lipinski definition) is 1. The van der Waals surface area contributed by atoms with Gasteiger partial charge in [-0.1, -0.05) is 29.3 Å². The molecule has 0 bridgehead atoms. The molecule has 96 valence electrons. The number of halogens is 2. The maximum Gasteiger partial charge on any atom is 0.308 e. The van der Waals surface area contributed by atoms with Crippen molar-refractivity contribution < 1.29 is 14.7 Å². The van der Waals surface area contributed by atoms with Gasteiger partial charge in [0.2, 0.25) is 5.91 Å². The molecule has 1 unspecified atom stereocenters. The van der Waals surface area contributed by atoms with Gasteiger partial charge in [-0.05, 0) is 17.7 Å². The molecule has 1 aliphatic rings. The van der Waals surface area contributed by atoms with Crippen molar-refractivity contribution in [3.8, 4) is 0 Å². The van der Waals surface area contributed by atoms with E-state index in [1.807, 2.05) is 0 Å². The van der Waals surface area contributed by atoms with Crippen molar-refractivity contribution in [1.82, 2.24) is 4.90 Å². The molecule has 1 aromatic rings. The van der Waals surface area contributed by atoms with Gasteiger partial charge in [-0.15, -0.1) is 0 Å². The van der Waals surface area contributed by atoms with E-state index < -0.39 is 11.9 Å². The third-order valence-corrected chi connectivity index (χ3v) is 3.66. The zero-order chi connectivity index (χ0) is 13.3. The molecule has 0 aliphatic carbocycles. The summed E-state index contributed by atoms with van der Waals surface area (Å²) in [5.74, 6) is -1.69. The number of hydrogen-bond acceptors (Lipinski definition) is 2. The Morgan fingerprint density at radius 1 is 1.39 bits per heavy atom. The monoisotopic (exact) mass is 287 g/mol. The topological polar surface area (TPSA) is 57.6 Å². The normalized spacial score (nSPS) is 19.3. The second kappa shape index (κ2) is 5.16. The lowest BCUT2D eigenvalue weighted by molar-refractivity contribution is -0.141. The van der Waals surface area contributed by atoms with Crippen molar-refractivity contribution in [2.75, 3.05) is 6.54 Å². The Bertz CT molecular complexity index is 504. The van der Waals surface area contributed by atoms with Gasteiger partial charge in [0.1, 0.15) is 0 Å². The van der Waals surface area contributed by atoms with E-state index in [0.717, 1.165) is 5.56 Å². The molecule has 1 amide bonds. The molecule has 1 atom stereocenters. The summed E-state index contributed by atoms with van der Waals surface area (Å²) in [6, 6.07) is 5.12. The minimum atomic E-state index is -0.931. The number of carbonyl (C=O) groups excluding carboxylic acids is 1. The highest BCUT2D eigenvalue weighted by atomic mass is 35.5. The molecule has 2 rings (SSSR count). The number of aliphatic carboxylic acids is 1. The average molecular weight is 288 g/mol. The lowest BCUT2D eigenvalue weighted by Crippen LogP contribution is -2.25. The number of nitrogens with zero attached hydrogens (tertiary/aromatic N) is 1. The summed E-state index contributed by atoms with van der Waals surface area (Å²) in [7, 11) is 0. The lowest BCUT2D eigenvalue weighted by atomic mass is 10.1. The van der Waals surface area contributed by atoms with Crippen LogP contribution in [0, 0.1) is 5.92 Å². The number of carboxylic acids is 1. The predicted octanol–water partition coefficient (Wildman–Crippen LogP) is 2.43. The second-order valence-corrected chi connectivity index (χ2v) is 5.08. The average Bonchev–Trinajstić information content (AvgIpc) is 2.66. The van der Waals surface area contributed by atoms with Crippen LogP contribution in [-0.4, -0.2) is 28.4 Å². The van der Waals surface area contributed by atoms with Crippen molar-refractivity contribution in [3.05, 3.63) is 33.8 Å². The Kier molecular flexibility index (Phi) is 3.78. The molecule has 4 nitrogen and oxygen atoms in total. The highest BCUT2D eigenvalue weighted by molar-refractivity contribution is 6.42. The van der Waals surface area contributed by atoms with E-state index in [1.54, 1.807) is 18.2 Å². The summed E-state index contributed by atoms with van der Waals surface area (Å²) in [5.41, 5.74) is 0.837. The van der Waals surface area contributed by atoms with Crippen LogP contribution in [0.2, 0.25) is 10.0 Å². The van der Waals surface area contributed by atoms with Gasteiger partial charge >= 0.3 is 5.97 Å². The van der Waals surface area contributed by atoms with Crippen LogP contribution in [0.1, 0.15) is 12.0 Å². The molecule has 1 N–H and O–H groups in total. The molecule has 1 aliphatic heterocycles. The van der Waals surface area contributed by atoms with Crippen LogP contribution in [-0.2, 0) is 16.1 Å². The quantitative estimate of drug-likeness (QED) is 0.929. The van der Waals surface area contributed by atoms with Gasteiger partial charge in [-0.3, -0.25) is 9.59 Å². The largest absolute Gasteiger partial charge is 0.481 e. The Morgan fingerprint density at radius 3 is 2.67 bits per heavy atom. The van der Waals surface area contributed by atoms with E-state index in [0.29, 0.717) is 16.6 Å². The molecular formula is C12H11Cl2NO3. The molecule has 0 aromatic heterocycles. The van der Waals surface area contributed by atoms with Crippen LogP contribution in [0.3, 0.4) is 0 Å². The summed E-state index contributed by atoms with van der Waals surface area (Å²) in [5, 5.41) is 9.76. The van der Waals surface area contributed by atoms with Crippen LogP contribution in [0.4, 0.5) is 0 Å². The molecule has 6 heteroatoms. The van der Waals surface area contributed by atoms with Crippen LogP contribution in [0.15, 0.2) is 18.2 Å². The van der Waals surface area contributed by atoms with Crippen molar-refractivity contribution >= 4 is 35.1 Å². The van der Waals surface area contributed by atoms with Crippen LogP contribution in [0.5, 0.6) is 0 Å². The Labute approximate surface area is 114 Å². The number of carbonyl (C=O) groups is 2. The predicted molar refractivity (Wildman–Crippen MR) is 67.6 cm³/mol. The molecule has 1 saturated heterocycles. The third kappa shape index (κ3) is 2.76. The smallest absolute Gasteiger partial charge is 0.308 e. The first kappa shape index (κ1) is 13.2. The zero-order valence-corrected chi connectivity index (χ0v) is 10.9. The Morgan fingerprint density at radius 2 is 2.11 bits per heavy atom. The number of likely N-dealkylation sites (tertiary alicyclic amines) is 1. The van der Waals surface area contributed by atoms with Crippen LogP contribution >= 0.6 is 23.2 Å². The molecule has 1 fully saturated rings. The minimum absolute atomic E-state index is 0.0661. The number of rotatable bonds is 3. The summed E-state index contributed by atoms with van der Waals surface area (Å²) in [6.07, 6.45) is 0.0661. The van der Waals surface area contributed by atoms with Crippen molar-refractivity contribution in [2.24, 2.45) is 5.92 Å². The molecule has 0 radical (unpaired) electrons. The number of carboxylic acid groups (broad SMARTS) is 1.